The smallest absolute Gasteiger partial charge is 0.245 e. The average Bonchev–Trinajstić information content (AvgIpc) is 3.25. The van der Waals surface area contributed by atoms with Crippen molar-refractivity contribution in [1.29, 1.82) is 0 Å². The third-order valence-corrected chi connectivity index (χ3v) is 5.53. The van der Waals surface area contributed by atoms with Gasteiger partial charge in [-0.25, -0.2) is 19.0 Å². The Morgan fingerprint density at radius 2 is 1.84 bits per heavy atom. The lowest BCUT2D eigenvalue weighted by atomic mass is 10.1. The second-order valence-corrected chi connectivity index (χ2v) is 7.69. The Morgan fingerprint density at radius 3 is 2.50 bits per heavy atom. The molecule has 168 valence electrons. The van der Waals surface area contributed by atoms with Gasteiger partial charge in [0.2, 0.25) is 11.9 Å². The number of piperazine rings is 1. The van der Waals surface area contributed by atoms with Crippen molar-refractivity contribution in [2.45, 2.75) is 19.4 Å². The number of carbonyl (C=O) groups excluding carboxylic acids is 1. The number of benzene rings is 1. The molecule has 11 heteroatoms. The van der Waals surface area contributed by atoms with Gasteiger partial charge in [0.15, 0.2) is 0 Å². The first-order valence-corrected chi connectivity index (χ1v) is 10.6. The second kappa shape index (κ2) is 10.2. The molecule has 32 heavy (non-hydrogen) atoms. The monoisotopic (exact) mass is 439 g/mol. The highest BCUT2D eigenvalue weighted by atomic mass is 19.1. The number of nitrogens with zero attached hydrogens (tertiary/aromatic N) is 8. The Labute approximate surface area is 185 Å². The normalized spacial score (nSPS) is 15.5. The van der Waals surface area contributed by atoms with Crippen molar-refractivity contribution >= 4 is 11.9 Å². The predicted octanol–water partition coefficient (Wildman–Crippen LogP) is 0.633. The predicted molar refractivity (Wildman–Crippen MR) is 115 cm³/mol. The third kappa shape index (κ3) is 5.41. The van der Waals surface area contributed by atoms with E-state index in [1.807, 2.05) is 6.07 Å². The van der Waals surface area contributed by atoms with Crippen LogP contribution in [0.15, 0.2) is 42.7 Å². The Balaban J connectivity index is 1.30. The fourth-order valence-corrected chi connectivity index (χ4v) is 3.74. The molecule has 1 aliphatic rings. The summed E-state index contributed by atoms with van der Waals surface area (Å²) in [5.41, 5.74) is 0.834. The third-order valence-electron chi connectivity index (χ3n) is 5.53. The number of anilines is 1. The summed E-state index contributed by atoms with van der Waals surface area (Å²) in [5.74, 6) is 0.820. The van der Waals surface area contributed by atoms with Crippen LogP contribution in [0.1, 0.15) is 17.4 Å². The average molecular weight is 439 g/mol. The highest BCUT2D eigenvalue weighted by Gasteiger charge is 2.25. The van der Waals surface area contributed by atoms with Crippen LogP contribution in [-0.4, -0.2) is 80.3 Å². The fraction of sp³-hybridized carbons (Fsp3) is 0.429. The molecule has 0 spiro atoms. The van der Waals surface area contributed by atoms with Gasteiger partial charge in [-0.15, -0.1) is 5.10 Å². The van der Waals surface area contributed by atoms with Crippen LogP contribution < -0.4 is 10.2 Å². The van der Waals surface area contributed by atoms with Crippen LogP contribution in [0.3, 0.4) is 0 Å². The molecule has 2 aromatic heterocycles. The summed E-state index contributed by atoms with van der Waals surface area (Å²) in [6, 6.07) is 7.31. The van der Waals surface area contributed by atoms with Gasteiger partial charge >= 0.3 is 0 Å². The van der Waals surface area contributed by atoms with Crippen LogP contribution in [0.4, 0.5) is 10.3 Å². The maximum absolute atomic E-state index is 13.3. The van der Waals surface area contributed by atoms with Gasteiger partial charge in [-0.05, 0) is 41.1 Å². The molecule has 4 rings (SSSR count). The maximum Gasteiger partial charge on any atom is 0.245 e. The van der Waals surface area contributed by atoms with E-state index in [2.05, 4.69) is 40.6 Å². The zero-order valence-electron chi connectivity index (χ0n) is 17.9. The number of nitrogens with one attached hydrogen (secondary N) is 1. The topological polar surface area (TPSA) is 105 Å². The minimum atomic E-state index is -0.609. The van der Waals surface area contributed by atoms with E-state index in [-0.39, 0.29) is 11.7 Å². The van der Waals surface area contributed by atoms with Crippen LogP contribution in [0.2, 0.25) is 0 Å². The fourth-order valence-electron chi connectivity index (χ4n) is 3.74. The molecule has 0 bridgehead atoms. The molecule has 1 saturated heterocycles. The van der Waals surface area contributed by atoms with E-state index in [0.29, 0.717) is 18.8 Å². The van der Waals surface area contributed by atoms with Crippen molar-refractivity contribution in [3.05, 3.63) is 59.9 Å². The van der Waals surface area contributed by atoms with Gasteiger partial charge in [-0.1, -0.05) is 12.1 Å². The molecule has 3 aromatic rings. The van der Waals surface area contributed by atoms with Gasteiger partial charge in [0, 0.05) is 58.1 Å². The number of amides is 1. The van der Waals surface area contributed by atoms with E-state index in [9.17, 15) is 9.18 Å². The lowest BCUT2D eigenvalue weighted by molar-refractivity contribution is -0.124. The molecule has 1 aromatic carbocycles. The highest BCUT2D eigenvalue weighted by molar-refractivity contribution is 5.80. The zero-order valence-corrected chi connectivity index (χ0v) is 17.9. The van der Waals surface area contributed by atoms with E-state index in [0.717, 1.165) is 44.2 Å². The van der Waals surface area contributed by atoms with Gasteiger partial charge < -0.3 is 10.2 Å². The summed E-state index contributed by atoms with van der Waals surface area (Å²) >= 11 is 0. The summed E-state index contributed by atoms with van der Waals surface area (Å²) in [4.78, 5) is 26.1. The number of aryl methyl sites for hydroxylation is 1. The van der Waals surface area contributed by atoms with Crippen molar-refractivity contribution < 1.29 is 9.18 Å². The van der Waals surface area contributed by atoms with Crippen molar-refractivity contribution in [1.82, 2.24) is 40.4 Å². The van der Waals surface area contributed by atoms with Gasteiger partial charge in [-0.3, -0.25) is 9.69 Å². The molecule has 1 amide bonds. The minimum Gasteiger partial charge on any atom is -0.353 e. The molecule has 1 aliphatic heterocycles. The van der Waals surface area contributed by atoms with E-state index < -0.39 is 6.04 Å². The Bertz CT molecular complexity index is 1000. The van der Waals surface area contributed by atoms with Crippen LogP contribution in [0, 0.1) is 12.7 Å². The van der Waals surface area contributed by atoms with Gasteiger partial charge in [0.25, 0.3) is 0 Å². The van der Waals surface area contributed by atoms with Crippen LogP contribution in [-0.2, 0) is 11.2 Å². The molecule has 0 aliphatic carbocycles. The lowest BCUT2D eigenvalue weighted by Gasteiger charge is -2.34. The zero-order chi connectivity index (χ0) is 22.3. The van der Waals surface area contributed by atoms with E-state index in [1.165, 1.54) is 16.8 Å². The summed E-state index contributed by atoms with van der Waals surface area (Å²) in [6.07, 6.45) is 3.87. The number of halogens is 1. The standard InChI is InChI=1S/C21H26FN9O/c1-16-26-27-28-31(16)19(15-17-3-5-18(22)6-4-17)20(32)23-9-10-29-11-13-30(14-12-29)21-24-7-2-8-25-21/h2-8,19H,9-15H2,1H3,(H,23,32). The Hall–Kier alpha value is -3.47. The summed E-state index contributed by atoms with van der Waals surface area (Å²) in [7, 11) is 0. The number of tetrazole rings is 1. The number of hydrogen-bond acceptors (Lipinski definition) is 8. The highest BCUT2D eigenvalue weighted by Crippen LogP contribution is 2.16. The second-order valence-electron chi connectivity index (χ2n) is 7.69. The largest absolute Gasteiger partial charge is 0.353 e. The number of hydrogen-bond donors (Lipinski definition) is 1. The lowest BCUT2D eigenvalue weighted by Crippen LogP contribution is -2.49. The first-order chi connectivity index (χ1) is 15.6. The molecule has 1 fully saturated rings. The van der Waals surface area contributed by atoms with E-state index in [1.54, 1.807) is 31.5 Å². The van der Waals surface area contributed by atoms with Crippen LogP contribution in [0.25, 0.3) is 0 Å². The van der Waals surface area contributed by atoms with Crippen molar-refractivity contribution in [3.8, 4) is 0 Å². The van der Waals surface area contributed by atoms with E-state index in [4.69, 9.17) is 0 Å². The quantitative estimate of drug-likeness (QED) is 0.545. The van der Waals surface area contributed by atoms with Crippen LogP contribution >= 0.6 is 0 Å². The van der Waals surface area contributed by atoms with Crippen molar-refractivity contribution in [2.24, 2.45) is 0 Å². The van der Waals surface area contributed by atoms with Crippen molar-refractivity contribution in [2.75, 3.05) is 44.2 Å². The number of rotatable bonds is 8. The molecular weight excluding hydrogens is 413 g/mol. The first-order valence-electron chi connectivity index (χ1n) is 10.6. The van der Waals surface area contributed by atoms with Gasteiger partial charge in [-0.2, -0.15) is 0 Å². The molecule has 1 atom stereocenters. The minimum absolute atomic E-state index is 0.166. The first kappa shape index (κ1) is 21.8. The molecule has 0 radical (unpaired) electrons. The summed E-state index contributed by atoms with van der Waals surface area (Å²) in [5, 5.41) is 14.6. The molecule has 1 N–H and O–H groups in total. The van der Waals surface area contributed by atoms with Crippen molar-refractivity contribution in [3.63, 3.8) is 0 Å². The Morgan fingerprint density at radius 1 is 1.12 bits per heavy atom. The Kier molecular flexibility index (Phi) is 6.95. The molecular formula is C21H26FN9O. The molecule has 0 saturated carbocycles. The number of aromatic nitrogens is 6. The van der Waals surface area contributed by atoms with Crippen LogP contribution in [0.5, 0.6) is 0 Å². The summed E-state index contributed by atoms with van der Waals surface area (Å²) in [6.45, 7) is 6.44. The van der Waals surface area contributed by atoms with Gasteiger partial charge in [0.1, 0.15) is 17.7 Å². The maximum atomic E-state index is 13.3. The van der Waals surface area contributed by atoms with E-state index >= 15 is 0 Å². The molecule has 10 nitrogen and oxygen atoms in total. The summed E-state index contributed by atoms with van der Waals surface area (Å²) < 4.78 is 14.8. The molecule has 3 heterocycles. The number of carbonyl (C=O) groups is 1. The molecule has 1 unspecified atom stereocenters. The van der Waals surface area contributed by atoms with Gasteiger partial charge in [0.05, 0.1) is 0 Å². The SMILES string of the molecule is Cc1nnnn1C(Cc1ccc(F)cc1)C(=O)NCCN1CCN(c2ncccn2)CC1.